The van der Waals surface area contributed by atoms with Gasteiger partial charge in [0.1, 0.15) is 6.04 Å². The van der Waals surface area contributed by atoms with Gasteiger partial charge in [0.25, 0.3) is 5.91 Å². The Morgan fingerprint density at radius 1 is 1.38 bits per heavy atom. The third-order valence-electron chi connectivity index (χ3n) is 2.88. The van der Waals surface area contributed by atoms with Gasteiger partial charge in [0.2, 0.25) is 0 Å². The van der Waals surface area contributed by atoms with E-state index < -0.39 is 17.9 Å². The third-order valence-corrected chi connectivity index (χ3v) is 3.21. The molecule has 0 saturated carbocycles. The molecule has 0 aliphatic heterocycles. The third kappa shape index (κ3) is 3.88. The lowest BCUT2D eigenvalue weighted by Gasteiger charge is -2.14. The van der Waals surface area contributed by atoms with Crippen LogP contribution < -0.4 is 5.32 Å². The number of aromatic nitrogens is 1. The van der Waals surface area contributed by atoms with Crippen molar-refractivity contribution in [3.63, 3.8) is 0 Å². The number of pyridine rings is 1. The van der Waals surface area contributed by atoms with Gasteiger partial charge >= 0.3 is 5.97 Å². The van der Waals surface area contributed by atoms with Crippen molar-refractivity contribution < 1.29 is 14.7 Å². The highest BCUT2D eigenvalue weighted by Crippen LogP contribution is 2.14. The van der Waals surface area contributed by atoms with Crippen molar-refractivity contribution >= 4 is 38.7 Å². The first kappa shape index (κ1) is 15.2. The molecule has 0 bridgehead atoms. The van der Waals surface area contributed by atoms with Crippen molar-refractivity contribution in [3.8, 4) is 0 Å². The van der Waals surface area contributed by atoms with Crippen LogP contribution in [0, 0.1) is 0 Å². The van der Waals surface area contributed by atoms with Crippen LogP contribution in [0.25, 0.3) is 10.9 Å². The lowest BCUT2D eigenvalue weighted by molar-refractivity contribution is -0.139. The number of halogens is 1. The Hall–Kier alpha value is -2.21. The highest BCUT2D eigenvalue weighted by atomic mass is 79.9. The van der Waals surface area contributed by atoms with Crippen molar-refractivity contribution in [2.24, 2.45) is 0 Å². The van der Waals surface area contributed by atoms with Crippen LogP contribution in [0.2, 0.25) is 0 Å². The Kier molecular flexibility index (Phi) is 4.70. The molecule has 1 aromatic carbocycles. The molecule has 0 aliphatic rings. The lowest BCUT2D eigenvalue weighted by Crippen LogP contribution is -2.40. The SMILES string of the molecule is C=C(Br)C[C@@H](NC(=O)c1cnc2ccccc2c1)C(=O)O. The highest BCUT2D eigenvalue weighted by Gasteiger charge is 2.21. The number of carboxylic acid groups (broad SMARTS) is 1. The fourth-order valence-electron chi connectivity index (χ4n) is 1.86. The molecule has 2 aromatic rings. The van der Waals surface area contributed by atoms with Crippen LogP contribution in [0.1, 0.15) is 16.8 Å². The van der Waals surface area contributed by atoms with Crippen LogP contribution in [0.3, 0.4) is 0 Å². The van der Waals surface area contributed by atoms with Gasteiger partial charge in [0.15, 0.2) is 0 Å². The summed E-state index contributed by atoms with van der Waals surface area (Å²) in [7, 11) is 0. The molecule has 1 amide bonds. The molecule has 2 N–H and O–H groups in total. The number of carboxylic acids is 1. The molecule has 0 aliphatic carbocycles. The number of nitrogens with zero attached hydrogens (tertiary/aromatic N) is 1. The number of fused-ring (bicyclic) bond motifs is 1. The molecule has 1 atom stereocenters. The maximum Gasteiger partial charge on any atom is 0.326 e. The van der Waals surface area contributed by atoms with E-state index in [0.29, 0.717) is 10.0 Å². The van der Waals surface area contributed by atoms with Crippen LogP contribution in [-0.4, -0.2) is 28.0 Å². The maximum atomic E-state index is 12.1. The zero-order valence-corrected chi connectivity index (χ0v) is 12.6. The van der Waals surface area contributed by atoms with Gasteiger partial charge in [-0.25, -0.2) is 4.79 Å². The van der Waals surface area contributed by atoms with Crippen molar-refractivity contribution in [2.75, 3.05) is 0 Å². The number of amides is 1. The summed E-state index contributed by atoms with van der Waals surface area (Å²) < 4.78 is 0.506. The van der Waals surface area contributed by atoms with Crippen molar-refractivity contribution in [3.05, 3.63) is 53.2 Å². The van der Waals surface area contributed by atoms with Gasteiger partial charge in [-0.1, -0.05) is 40.7 Å². The van der Waals surface area contributed by atoms with E-state index in [4.69, 9.17) is 5.11 Å². The molecule has 1 aromatic heterocycles. The first-order valence-electron chi connectivity index (χ1n) is 6.19. The van der Waals surface area contributed by atoms with E-state index in [1.54, 1.807) is 6.07 Å². The summed E-state index contributed by atoms with van der Waals surface area (Å²) in [6.07, 6.45) is 1.54. The van der Waals surface area contributed by atoms with Crippen molar-refractivity contribution in [1.82, 2.24) is 10.3 Å². The molecule has 21 heavy (non-hydrogen) atoms. The molecule has 6 heteroatoms. The first-order valence-corrected chi connectivity index (χ1v) is 6.98. The van der Waals surface area contributed by atoms with Gasteiger partial charge in [-0.2, -0.15) is 0 Å². The van der Waals surface area contributed by atoms with Crippen LogP contribution in [0.15, 0.2) is 47.6 Å². The molecule has 108 valence electrons. The second-order valence-electron chi connectivity index (χ2n) is 4.50. The minimum Gasteiger partial charge on any atom is -0.480 e. The Balaban J connectivity index is 2.20. The van der Waals surface area contributed by atoms with E-state index in [1.165, 1.54) is 6.20 Å². The fourth-order valence-corrected chi connectivity index (χ4v) is 2.18. The highest BCUT2D eigenvalue weighted by molar-refractivity contribution is 9.11. The van der Waals surface area contributed by atoms with E-state index in [0.717, 1.165) is 10.9 Å². The van der Waals surface area contributed by atoms with Gasteiger partial charge in [0.05, 0.1) is 11.1 Å². The summed E-state index contributed by atoms with van der Waals surface area (Å²) in [6.45, 7) is 3.59. The summed E-state index contributed by atoms with van der Waals surface area (Å²) in [4.78, 5) is 27.4. The van der Waals surface area contributed by atoms with Gasteiger partial charge < -0.3 is 10.4 Å². The molecule has 0 fully saturated rings. The number of hydrogen-bond donors (Lipinski definition) is 2. The Morgan fingerprint density at radius 2 is 2.10 bits per heavy atom. The smallest absolute Gasteiger partial charge is 0.326 e. The average molecular weight is 349 g/mol. The van der Waals surface area contributed by atoms with Gasteiger partial charge in [-0.15, -0.1) is 0 Å². The Morgan fingerprint density at radius 3 is 2.76 bits per heavy atom. The zero-order valence-electron chi connectivity index (χ0n) is 11.0. The largest absolute Gasteiger partial charge is 0.480 e. The van der Waals surface area contributed by atoms with Gasteiger partial charge in [-0.3, -0.25) is 9.78 Å². The topological polar surface area (TPSA) is 79.3 Å². The predicted octanol–water partition coefficient (Wildman–Crippen LogP) is 2.72. The zero-order chi connectivity index (χ0) is 15.4. The second kappa shape index (κ2) is 6.49. The van der Waals surface area contributed by atoms with E-state index >= 15 is 0 Å². The fraction of sp³-hybridized carbons (Fsp3) is 0.133. The number of nitrogens with one attached hydrogen (secondary N) is 1. The number of rotatable bonds is 5. The number of benzene rings is 1. The molecule has 0 unspecified atom stereocenters. The standard InChI is InChI=1S/C15H13BrN2O3/c1-9(16)6-13(15(20)21)18-14(19)11-7-10-4-2-3-5-12(10)17-8-11/h2-5,7-8,13H,1,6H2,(H,18,19)(H,20,21)/t13-/m1/s1. The lowest BCUT2D eigenvalue weighted by atomic mass is 10.1. The number of para-hydroxylation sites is 1. The molecule has 0 radical (unpaired) electrons. The van der Waals surface area contributed by atoms with Crippen LogP contribution >= 0.6 is 15.9 Å². The number of hydrogen-bond acceptors (Lipinski definition) is 3. The first-order chi connectivity index (χ1) is 9.97. The average Bonchev–Trinajstić information content (AvgIpc) is 2.45. The van der Waals surface area contributed by atoms with Crippen LogP contribution in [0.5, 0.6) is 0 Å². The minimum absolute atomic E-state index is 0.113. The van der Waals surface area contributed by atoms with Gasteiger partial charge in [0, 0.05) is 18.0 Å². The summed E-state index contributed by atoms with van der Waals surface area (Å²) in [5.41, 5.74) is 1.10. The molecule has 1 heterocycles. The molecule has 5 nitrogen and oxygen atoms in total. The van der Waals surface area contributed by atoms with E-state index in [1.807, 2.05) is 24.3 Å². The van der Waals surface area contributed by atoms with Crippen LogP contribution in [0.4, 0.5) is 0 Å². The number of aliphatic carboxylic acids is 1. The van der Waals surface area contributed by atoms with Crippen LogP contribution in [-0.2, 0) is 4.79 Å². The normalized spacial score (nSPS) is 11.9. The number of carbonyl (C=O) groups is 2. The Bertz CT molecular complexity index is 715. The van der Waals surface area contributed by atoms with Gasteiger partial charge in [-0.05, 0) is 16.6 Å². The second-order valence-corrected chi connectivity index (χ2v) is 5.62. The summed E-state index contributed by atoms with van der Waals surface area (Å²) >= 11 is 3.10. The number of carbonyl (C=O) groups excluding carboxylic acids is 1. The molecular weight excluding hydrogens is 336 g/mol. The summed E-state index contributed by atoms with van der Waals surface area (Å²) in [5, 5.41) is 12.4. The Labute approximate surface area is 129 Å². The minimum atomic E-state index is -1.11. The maximum absolute atomic E-state index is 12.1. The summed E-state index contributed by atoms with van der Waals surface area (Å²) in [5.74, 6) is -1.59. The quantitative estimate of drug-likeness (QED) is 0.870. The molecule has 2 rings (SSSR count). The van der Waals surface area contributed by atoms with E-state index in [9.17, 15) is 9.59 Å². The van der Waals surface area contributed by atoms with Crippen molar-refractivity contribution in [2.45, 2.75) is 12.5 Å². The monoisotopic (exact) mass is 348 g/mol. The van der Waals surface area contributed by atoms with E-state index in [2.05, 4.69) is 32.8 Å². The van der Waals surface area contributed by atoms with E-state index in [-0.39, 0.29) is 6.42 Å². The molecular formula is C15H13BrN2O3. The molecule has 0 saturated heterocycles. The summed E-state index contributed by atoms with van der Waals surface area (Å²) in [6, 6.07) is 8.04. The molecule has 0 spiro atoms. The predicted molar refractivity (Wildman–Crippen MR) is 83.3 cm³/mol. The van der Waals surface area contributed by atoms with Crippen molar-refractivity contribution in [1.29, 1.82) is 0 Å².